The van der Waals surface area contributed by atoms with Crippen molar-refractivity contribution in [2.75, 3.05) is 5.32 Å². The summed E-state index contributed by atoms with van der Waals surface area (Å²) >= 11 is 6.06. The van der Waals surface area contributed by atoms with Gasteiger partial charge >= 0.3 is 0 Å². The van der Waals surface area contributed by atoms with E-state index in [1.54, 1.807) is 84.8 Å². The first-order chi connectivity index (χ1) is 14.1. The lowest BCUT2D eigenvalue weighted by Crippen LogP contribution is -2.12. The van der Waals surface area contributed by atoms with Gasteiger partial charge < -0.3 is 10.1 Å². The Morgan fingerprint density at radius 3 is 2.62 bits per heavy atom. The normalized spacial score (nSPS) is 10.6. The van der Waals surface area contributed by atoms with E-state index in [4.69, 9.17) is 16.3 Å². The van der Waals surface area contributed by atoms with Gasteiger partial charge in [0.05, 0.1) is 10.6 Å². The van der Waals surface area contributed by atoms with Crippen LogP contribution in [0.1, 0.15) is 16.2 Å². The fourth-order valence-corrected chi connectivity index (χ4v) is 2.90. The van der Waals surface area contributed by atoms with Crippen LogP contribution in [0.2, 0.25) is 5.02 Å². The molecule has 0 unspecified atom stereocenters. The van der Waals surface area contributed by atoms with Crippen molar-refractivity contribution >= 4 is 23.2 Å². The van der Waals surface area contributed by atoms with E-state index in [9.17, 15) is 4.79 Å². The number of carbonyl (C=O) groups is 1. The van der Waals surface area contributed by atoms with Crippen LogP contribution in [-0.2, 0) is 0 Å². The number of imidazole rings is 1. The van der Waals surface area contributed by atoms with E-state index in [0.29, 0.717) is 39.5 Å². The Bertz CT molecular complexity index is 1140. The van der Waals surface area contributed by atoms with Gasteiger partial charge in [-0.05, 0) is 43.3 Å². The zero-order valence-corrected chi connectivity index (χ0v) is 16.2. The molecular weight excluding hydrogens is 390 g/mol. The Morgan fingerprint density at radius 2 is 1.90 bits per heavy atom. The van der Waals surface area contributed by atoms with Crippen LogP contribution in [0.5, 0.6) is 11.6 Å². The summed E-state index contributed by atoms with van der Waals surface area (Å²) in [6.07, 6.45) is 5.12. The second kappa shape index (κ2) is 8.12. The van der Waals surface area contributed by atoms with Crippen molar-refractivity contribution in [2.24, 2.45) is 0 Å². The van der Waals surface area contributed by atoms with Crippen LogP contribution in [0.15, 0.2) is 73.3 Å². The third-order valence-electron chi connectivity index (χ3n) is 4.02. The van der Waals surface area contributed by atoms with Gasteiger partial charge in [-0.3, -0.25) is 9.36 Å². The number of halogens is 1. The molecule has 0 aliphatic rings. The van der Waals surface area contributed by atoms with Crippen LogP contribution in [0.3, 0.4) is 0 Å². The van der Waals surface area contributed by atoms with E-state index < -0.39 is 0 Å². The van der Waals surface area contributed by atoms with Crippen LogP contribution in [0, 0.1) is 6.92 Å². The van der Waals surface area contributed by atoms with Crippen molar-refractivity contribution in [3.05, 3.63) is 89.7 Å². The molecule has 0 saturated carbocycles. The first-order valence-corrected chi connectivity index (χ1v) is 9.14. The lowest BCUT2D eigenvalue weighted by atomic mass is 10.2. The molecule has 2 heterocycles. The van der Waals surface area contributed by atoms with E-state index in [2.05, 4.69) is 20.3 Å². The standard InChI is InChI=1S/C21H16ClN5O2/c1-14-24-19(27-11-10-23-13-27)12-20(25-14)29-16-8-6-15(7-9-16)26-21(28)17-4-2-3-5-18(17)22/h2-13H,1H3,(H,26,28). The molecule has 0 radical (unpaired) electrons. The quantitative estimate of drug-likeness (QED) is 0.521. The predicted octanol–water partition coefficient (Wildman–Crippen LogP) is 4.67. The number of amides is 1. The van der Waals surface area contributed by atoms with Crippen LogP contribution in [0.4, 0.5) is 5.69 Å². The second-order valence-electron chi connectivity index (χ2n) is 6.14. The smallest absolute Gasteiger partial charge is 0.257 e. The number of nitrogens with zero attached hydrogens (tertiary/aromatic N) is 4. The molecule has 8 heteroatoms. The molecule has 0 atom stereocenters. The third-order valence-corrected chi connectivity index (χ3v) is 4.35. The lowest BCUT2D eigenvalue weighted by molar-refractivity contribution is 0.102. The van der Waals surface area contributed by atoms with E-state index in [1.165, 1.54) is 0 Å². The van der Waals surface area contributed by atoms with E-state index in [1.807, 2.05) is 0 Å². The van der Waals surface area contributed by atoms with Crippen molar-refractivity contribution in [1.82, 2.24) is 19.5 Å². The molecule has 1 amide bonds. The molecule has 29 heavy (non-hydrogen) atoms. The summed E-state index contributed by atoms with van der Waals surface area (Å²) in [6.45, 7) is 1.79. The number of rotatable bonds is 5. The highest BCUT2D eigenvalue weighted by Gasteiger charge is 2.10. The number of anilines is 1. The topological polar surface area (TPSA) is 81.9 Å². The molecule has 2 aromatic heterocycles. The number of ether oxygens (including phenoxy) is 1. The average molecular weight is 406 g/mol. The van der Waals surface area contributed by atoms with Gasteiger partial charge in [0.15, 0.2) is 0 Å². The van der Waals surface area contributed by atoms with E-state index in [-0.39, 0.29) is 5.91 Å². The lowest BCUT2D eigenvalue weighted by Gasteiger charge is -2.10. The summed E-state index contributed by atoms with van der Waals surface area (Å²) in [5.41, 5.74) is 1.04. The second-order valence-corrected chi connectivity index (χ2v) is 6.55. The summed E-state index contributed by atoms with van der Waals surface area (Å²) < 4.78 is 7.62. The zero-order valence-electron chi connectivity index (χ0n) is 15.4. The van der Waals surface area contributed by atoms with Crippen molar-refractivity contribution in [3.63, 3.8) is 0 Å². The number of aryl methyl sites for hydroxylation is 1. The molecule has 1 N–H and O–H groups in total. The van der Waals surface area contributed by atoms with Crippen molar-refractivity contribution in [3.8, 4) is 17.4 Å². The molecule has 2 aromatic carbocycles. The van der Waals surface area contributed by atoms with Gasteiger partial charge in [-0.15, -0.1) is 0 Å². The van der Waals surface area contributed by atoms with Crippen molar-refractivity contribution in [1.29, 1.82) is 0 Å². The monoisotopic (exact) mass is 405 g/mol. The molecule has 0 aliphatic heterocycles. The largest absolute Gasteiger partial charge is 0.439 e. The summed E-state index contributed by atoms with van der Waals surface area (Å²) in [4.78, 5) is 25.1. The SMILES string of the molecule is Cc1nc(Oc2ccc(NC(=O)c3ccccc3Cl)cc2)cc(-n2ccnc2)n1. The zero-order chi connectivity index (χ0) is 20.2. The number of benzene rings is 2. The molecular formula is C21H16ClN5O2. The Balaban J connectivity index is 1.48. The highest BCUT2D eigenvalue weighted by atomic mass is 35.5. The van der Waals surface area contributed by atoms with Gasteiger partial charge in [-0.1, -0.05) is 23.7 Å². The molecule has 4 aromatic rings. The highest BCUT2D eigenvalue weighted by molar-refractivity contribution is 6.34. The first kappa shape index (κ1) is 18.6. The minimum atomic E-state index is -0.277. The van der Waals surface area contributed by atoms with Gasteiger partial charge in [-0.25, -0.2) is 9.97 Å². The maximum Gasteiger partial charge on any atom is 0.257 e. The Morgan fingerprint density at radius 1 is 1.10 bits per heavy atom. The summed E-state index contributed by atoms with van der Waals surface area (Å²) in [5.74, 6) is 1.95. The number of nitrogens with one attached hydrogen (secondary N) is 1. The summed E-state index contributed by atoms with van der Waals surface area (Å²) in [5, 5.41) is 3.21. The van der Waals surface area contributed by atoms with Gasteiger partial charge in [0.25, 0.3) is 5.91 Å². The molecule has 0 aliphatic carbocycles. The first-order valence-electron chi connectivity index (χ1n) is 8.76. The minimum Gasteiger partial charge on any atom is -0.439 e. The van der Waals surface area contributed by atoms with Crippen molar-refractivity contribution in [2.45, 2.75) is 6.92 Å². The molecule has 0 bridgehead atoms. The van der Waals surface area contributed by atoms with Gasteiger partial charge in [-0.2, -0.15) is 4.98 Å². The molecule has 0 fully saturated rings. The van der Waals surface area contributed by atoms with Crippen LogP contribution in [-0.4, -0.2) is 25.4 Å². The van der Waals surface area contributed by atoms with Gasteiger partial charge in [0.1, 0.15) is 23.7 Å². The number of hydrogen-bond acceptors (Lipinski definition) is 5. The number of carbonyl (C=O) groups excluding carboxylic acids is 1. The van der Waals surface area contributed by atoms with Crippen LogP contribution >= 0.6 is 11.6 Å². The van der Waals surface area contributed by atoms with E-state index >= 15 is 0 Å². The molecule has 144 valence electrons. The fraction of sp³-hybridized carbons (Fsp3) is 0.0476. The Hall–Kier alpha value is -3.71. The third kappa shape index (κ3) is 4.41. The van der Waals surface area contributed by atoms with Crippen LogP contribution < -0.4 is 10.1 Å². The molecule has 7 nitrogen and oxygen atoms in total. The number of aromatic nitrogens is 4. The minimum absolute atomic E-state index is 0.277. The molecule has 0 saturated heterocycles. The fourth-order valence-electron chi connectivity index (χ4n) is 2.68. The van der Waals surface area contributed by atoms with Crippen molar-refractivity contribution < 1.29 is 9.53 Å². The van der Waals surface area contributed by atoms with Gasteiger partial charge in [0, 0.05) is 24.1 Å². The van der Waals surface area contributed by atoms with E-state index in [0.717, 1.165) is 0 Å². The summed E-state index contributed by atoms with van der Waals surface area (Å²) in [6, 6.07) is 15.6. The summed E-state index contributed by atoms with van der Waals surface area (Å²) in [7, 11) is 0. The number of hydrogen-bond donors (Lipinski definition) is 1. The van der Waals surface area contributed by atoms with Gasteiger partial charge in [0.2, 0.25) is 5.88 Å². The maximum atomic E-state index is 12.3. The predicted molar refractivity (Wildman–Crippen MR) is 110 cm³/mol. The Labute approximate surface area is 172 Å². The average Bonchev–Trinajstić information content (AvgIpc) is 3.24. The Kier molecular flexibility index (Phi) is 5.22. The van der Waals surface area contributed by atoms with Crippen LogP contribution in [0.25, 0.3) is 5.82 Å². The molecule has 4 rings (SSSR count). The maximum absolute atomic E-state index is 12.3. The molecule has 0 spiro atoms. The highest BCUT2D eigenvalue weighted by Crippen LogP contribution is 2.24.